The number of carbonyl (C=O) groups excluding carboxylic acids is 2. The van der Waals surface area contributed by atoms with Crippen molar-refractivity contribution >= 4 is 17.8 Å². The molecular formula is C22H32N2O6. The van der Waals surface area contributed by atoms with Crippen molar-refractivity contribution in [1.29, 1.82) is 0 Å². The van der Waals surface area contributed by atoms with Gasteiger partial charge in [0.05, 0.1) is 18.6 Å². The molecule has 1 fully saturated rings. The smallest absolute Gasteiger partial charge is 0.305 e. The number of amides is 2. The van der Waals surface area contributed by atoms with Crippen LogP contribution in [0.15, 0.2) is 24.3 Å². The first-order valence-corrected chi connectivity index (χ1v) is 10.2. The molecule has 0 saturated carbocycles. The van der Waals surface area contributed by atoms with Gasteiger partial charge in [0.2, 0.25) is 0 Å². The van der Waals surface area contributed by atoms with Gasteiger partial charge in [0.25, 0.3) is 11.8 Å². The van der Waals surface area contributed by atoms with Gasteiger partial charge < -0.3 is 24.8 Å². The predicted octanol–water partition coefficient (Wildman–Crippen LogP) is 2.46. The van der Waals surface area contributed by atoms with Gasteiger partial charge in [-0.2, -0.15) is 0 Å². The maximum Gasteiger partial charge on any atom is 0.305 e. The molecule has 0 unspecified atom stereocenters. The van der Waals surface area contributed by atoms with E-state index in [0.717, 1.165) is 19.3 Å². The van der Waals surface area contributed by atoms with Gasteiger partial charge in [0, 0.05) is 24.8 Å². The largest absolute Gasteiger partial charge is 0.484 e. The highest BCUT2D eigenvalue weighted by molar-refractivity contribution is 5.95. The van der Waals surface area contributed by atoms with Crippen molar-refractivity contribution in [3.63, 3.8) is 0 Å². The normalized spacial score (nSPS) is 20.9. The molecule has 30 heavy (non-hydrogen) atoms. The highest BCUT2D eigenvalue weighted by Gasteiger charge is 2.30. The molecule has 2 rings (SSSR count). The number of carbonyl (C=O) groups is 3. The van der Waals surface area contributed by atoms with Crippen LogP contribution in [0.3, 0.4) is 0 Å². The molecule has 3 atom stereocenters. The van der Waals surface area contributed by atoms with Crippen LogP contribution in [0.25, 0.3) is 0 Å². The summed E-state index contributed by atoms with van der Waals surface area (Å²) in [6.45, 7) is 5.76. The maximum atomic E-state index is 12.6. The lowest BCUT2D eigenvalue weighted by Crippen LogP contribution is -2.50. The fraction of sp³-hybridized carbons (Fsp3) is 0.591. The van der Waals surface area contributed by atoms with Crippen LogP contribution in [0.4, 0.5) is 0 Å². The summed E-state index contributed by atoms with van der Waals surface area (Å²) in [6, 6.07) is 6.82. The summed E-state index contributed by atoms with van der Waals surface area (Å²) in [5.74, 6) is -0.988. The molecule has 0 spiro atoms. The van der Waals surface area contributed by atoms with Crippen LogP contribution in [0, 0.1) is 0 Å². The van der Waals surface area contributed by atoms with Crippen LogP contribution in [0.2, 0.25) is 0 Å². The van der Waals surface area contributed by atoms with Crippen molar-refractivity contribution < 1.29 is 29.0 Å². The van der Waals surface area contributed by atoms with Gasteiger partial charge in [-0.05, 0) is 64.3 Å². The Bertz CT molecular complexity index is 740. The van der Waals surface area contributed by atoms with Gasteiger partial charge in [-0.1, -0.05) is 0 Å². The zero-order chi connectivity index (χ0) is 22.3. The third-order valence-electron chi connectivity index (χ3n) is 5.38. The highest BCUT2D eigenvalue weighted by Crippen LogP contribution is 2.23. The summed E-state index contributed by atoms with van der Waals surface area (Å²) in [6.07, 6.45) is 2.88. The van der Waals surface area contributed by atoms with E-state index < -0.39 is 17.4 Å². The summed E-state index contributed by atoms with van der Waals surface area (Å²) in [5, 5.41) is 11.8. The second-order valence-corrected chi connectivity index (χ2v) is 8.26. The molecule has 8 nitrogen and oxygen atoms in total. The predicted molar refractivity (Wildman–Crippen MR) is 112 cm³/mol. The lowest BCUT2D eigenvalue weighted by molar-refractivity contribution is -0.140. The second kappa shape index (κ2) is 10.4. The van der Waals surface area contributed by atoms with Crippen LogP contribution < -0.4 is 10.1 Å². The molecule has 1 aromatic carbocycles. The Labute approximate surface area is 177 Å². The zero-order valence-corrected chi connectivity index (χ0v) is 18.1. The molecule has 0 radical (unpaired) electrons. The number of aliphatic carboxylic acids is 1. The number of carboxylic acids is 1. The van der Waals surface area contributed by atoms with E-state index in [1.165, 1.54) is 7.11 Å². The SMILES string of the molecule is COC[C@](C)(CC(=O)O)NC(=O)c1ccc(OCC(=O)N2[C@H](C)CCC[C@H]2C)cc1. The number of likely N-dealkylation sites (tertiary alicyclic amines) is 1. The Balaban J connectivity index is 1.94. The summed E-state index contributed by atoms with van der Waals surface area (Å²) in [5.41, 5.74) is -0.666. The number of nitrogens with zero attached hydrogens (tertiary/aromatic N) is 1. The standard InChI is InChI=1S/C22H32N2O6/c1-15-6-5-7-16(2)24(15)19(25)13-30-18-10-8-17(9-11-18)21(28)23-22(3,14-29-4)12-20(26)27/h8-11,15-16H,5-7,12-14H2,1-4H3,(H,23,28)(H,26,27)/t15-,16-,22+/m1/s1. The minimum absolute atomic E-state index is 0.0412. The molecule has 1 aliphatic rings. The van der Waals surface area contributed by atoms with Gasteiger partial charge in [-0.3, -0.25) is 14.4 Å². The minimum atomic E-state index is -1.03. The molecule has 0 aliphatic carbocycles. The van der Waals surface area contributed by atoms with E-state index in [9.17, 15) is 14.4 Å². The van der Waals surface area contributed by atoms with E-state index in [-0.39, 0.29) is 37.6 Å². The summed E-state index contributed by atoms with van der Waals surface area (Å²) >= 11 is 0. The maximum absolute atomic E-state index is 12.6. The van der Waals surface area contributed by atoms with Gasteiger partial charge in [0.15, 0.2) is 6.61 Å². The molecular weight excluding hydrogens is 388 g/mol. The Hall–Kier alpha value is -2.61. The minimum Gasteiger partial charge on any atom is -0.484 e. The molecule has 1 saturated heterocycles. The van der Waals surface area contributed by atoms with Crippen LogP contribution in [-0.2, 0) is 14.3 Å². The van der Waals surface area contributed by atoms with Crippen molar-refractivity contribution in [3.05, 3.63) is 29.8 Å². The first kappa shape index (κ1) is 23.7. The second-order valence-electron chi connectivity index (χ2n) is 8.26. The van der Waals surface area contributed by atoms with Crippen molar-refractivity contribution in [2.75, 3.05) is 20.3 Å². The molecule has 1 heterocycles. The number of carboxylic acid groups (broad SMARTS) is 1. The monoisotopic (exact) mass is 420 g/mol. The average molecular weight is 421 g/mol. The number of piperidine rings is 1. The van der Waals surface area contributed by atoms with Crippen LogP contribution in [0.5, 0.6) is 5.75 Å². The first-order valence-electron chi connectivity index (χ1n) is 10.2. The quantitative estimate of drug-likeness (QED) is 0.636. The molecule has 0 bridgehead atoms. The van der Waals surface area contributed by atoms with E-state index in [1.54, 1.807) is 31.2 Å². The number of methoxy groups -OCH3 is 1. The molecule has 0 aromatic heterocycles. The van der Waals surface area contributed by atoms with Gasteiger partial charge in [0.1, 0.15) is 5.75 Å². The summed E-state index contributed by atoms with van der Waals surface area (Å²) < 4.78 is 10.7. The number of ether oxygens (including phenoxy) is 2. The number of rotatable bonds is 9. The van der Waals surface area contributed by atoms with Crippen LogP contribution >= 0.6 is 0 Å². The molecule has 166 valence electrons. The van der Waals surface area contributed by atoms with Gasteiger partial charge in [-0.25, -0.2) is 0 Å². The number of hydrogen-bond acceptors (Lipinski definition) is 5. The molecule has 1 aromatic rings. The van der Waals surface area contributed by atoms with Crippen LogP contribution in [-0.4, -0.2) is 65.7 Å². The highest BCUT2D eigenvalue weighted by atomic mass is 16.5. The fourth-order valence-electron chi connectivity index (χ4n) is 3.96. The number of benzene rings is 1. The fourth-order valence-corrected chi connectivity index (χ4v) is 3.96. The number of nitrogens with one attached hydrogen (secondary N) is 1. The van der Waals surface area contributed by atoms with Crippen LogP contribution in [0.1, 0.15) is 56.8 Å². The third kappa shape index (κ3) is 6.45. The average Bonchev–Trinajstić information content (AvgIpc) is 2.66. The first-order chi connectivity index (χ1) is 14.1. The number of hydrogen-bond donors (Lipinski definition) is 2. The van der Waals surface area contributed by atoms with E-state index in [0.29, 0.717) is 11.3 Å². The Morgan fingerprint density at radius 2 is 1.77 bits per heavy atom. The lowest BCUT2D eigenvalue weighted by atomic mass is 9.97. The van der Waals surface area contributed by atoms with E-state index in [4.69, 9.17) is 14.6 Å². The summed E-state index contributed by atoms with van der Waals surface area (Å²) in [7, 11) is 1.45. The zero-order valence-electron chi connectivity index (χ0n) is 18.1. The van der Waals surface area contributed by atoms with Crippen molar-refractivity contribution in [3.8, 4) is 5.75 Å². The van der Waals surface area contributed by atoms with Crippen molar-refractivity contribution in [2.24, 2.45) is 0 Å². The molecule has 2 amide bonds. The van der Waals surface area contributed by atoms with E-state index in [2.05, 4.69) is 19.2 Å². The molecule has 2 N–H and O–H groups in total. The Kier molecular flexibility index (Phi) is 8.23. The lowest BCUT2D eigenvalue weighted by Gasteiger charge is -2.38. The van der Waals surface area contributed by atoms with Crippen molar-refractivity contribution in [2.45, 2.75) is 64.1 Å². The third-order valence-corrected chi connectivity index (χ3v) is 5.38. The van der Waals surface area contributed by atoms with Gasteiger partial charge in [-0.15, -0.1) is 0 Å². The Morgan fingerprint density at radius 1 is 1.17 bits per heavy atom. The van der Waals surface area contributed by atoms with Gasteiger partial charge >= 0.3 is 5.97 Å². The molecule has 8 heteroatoms. The van der Waals surface area contributed by atoms with E-state index >= 15 is 0 Å². The Morgan fingerprint density at radius 3 is 2.30 bits per heavy atom. The van der Waals surface area contributed by atoms with Crippen molar-refractivity contribution in [1.82, 2.24) is 10.2 Å². The van der Waals surface area contributed by atoms with E-state index in [1.807, 2.05) is 4.90 Å². The molecule has 1 aliphatic heterocycles. The summed E-state index contributed by atoms with van der Waals surface area (Å²) in [4.78, 5) is 38.0. The topological polar surface area (TPSA) is 105 Å².